The van der Waals surface area contributed by atoms with Crippen molar-refractivity contribution in [3.8, 4) is 0 Å². The zero-order valence-corrected chi connectivity index (χ0v) is 10.4. The molecule has 94 valence electrons. The fourth-order valence-electron chi connectivity index (χ4n) is 2.28. The molecule has 0 radical (unpaired) electrons. The number of aliphatic hydroxyl groups excluding tert-OH is 1. The highest BCUT2D eigenvalue weighted by atomic mass is 16.3. The van der Waals surface area contributed by atoms with E-state index in [4.69, 9.17) is 0 Å². The first kappa shape index (κ1) is 11.6. The van der Waals surface area contributed by atoms with Crippen LogP contribution in [0.3, 0.4) is 0 Å². The third kappa shape index (κ3) is 2.37. The average molecular weight is 242 g/mol. The molecule has 1 saturated carbocycles. The van der Waals surface area contributed by atoms with Crippen molar-refractivity contribution in [3.05, 3.63) is 42.2 Å². The van der Waals surface area contributed by atoms with E-state index < -0.39 is 0 Å². The van der Waals surface area contributed by atoms with E-state index in [0.717, 1.165) is 25.9 Å². The Kier molecular flexibility index (Phi) is 3.02. The van der Waals surface area contributed by atoms with E-state index in [2.05, 4.69) is 28.5 Å². The van der Waals surface area contributed by atoms with Crippen molar-refractivity contribution in [3.63, 3.8) is 0 Å². The van der Waals surface area contributed by atoms with E-state index >= 15 is 0 Å². The Morgan fingerprint density at radius 2 is 2.11 bits per heavy atom. The number of rotatable bonds is 5. The van der Waals surface area contributed by atoms with Crippen molar-refractivity contribution in [2.75, 3.05) is 13.2 Å². The molecule has 0 spiro atoms. The van der Waals surface area contributed by atoms with Gasteiger partial charge in [0.2, 0.25) is 0 Å². The summed E-state index contributed by atoms with van der Waals surface area (Å²) in [7, 11) is 0. The second-order valence-corrected chi connectivity index (χ2v) is 5.32. The van der Waals surface area contributed by atoms with E-state index in [1.165, 1.54) is 16.3 Å². The van der Waals surface area contributed by atoms with Crippen LogP contribution in [0.15, 0.2) is 36.7 Å². The molecule has 0 aliphatic heterocycles. The zero-order valence-electron chi connectivity index (χ0n) is 10.4. The van der Waals surface area contributed by atoms with Crippen LogP contribution in [-0.2, 0) is 6.54 Å². The summed E-state index contributed by atoms with van der Waals surface area (Å²) >= 11 is 0. The van der Waals surface area contributed by atoms with Crippen LogP contribution in [0.4, 0.5) is 0 Å². The highest BCUT2D eigenvalue weighted by Crippen LogP contribution is 2.44. The van der Waals surface area contributed by atoms with Gasteiger partial charge in [0.05, 0.1) is 0 Å². The molecular formula is C15H18N2O. The summed E-state index contributed by atoms with van der Waals surface area (Å²) in [4.78, 5) is 4.11. The van der Waals surface area contributed by atoms with Crippen LogP contribution >= 0.6 is 0 Å². The molecule has 1 aromatic carbocycles. The highest BCUT2D eigenvalue weighted by molar-refractivity contribution is 5.81. The molecule has 1 heterocycles. The van der Waals surface area contributed by atoms with Gasteiger partial charge in [-0.05, 0) is 35.9 Å². The van der Waals surface area contributed by atoms with E-state index in [-0.39, 0.29) is 5.41 Å². The van der Waals surface area contributed by atoms with Crippen LogP contribution < -0.4 is 5.32 Å². The fourth-order valence-corrected chi connectivity index (χ4v) is 2.28. The summed E-state index contributed by atoms with van der Waals surface area (Å²) in [5, 5.41) is 15.1. The van der Waals surface area contributed by atoms with Crippen LogP contribution in [0, 0.1) is 5.41 Å². The summed E-state index contributed by atoms with van der Waals surface area (Å²) < 4.78 is 0. The van der Waals surface area contributed by atoms with Crippen LogP contribution in [0.1, 0.15) is 18.4 Å². The summed E-state index contributed by atoms with van der Waals surface area (Å²) in [6.07, 6.45) is 6.02. The third-order valence-electron chi connectivity index (χ3n) is 3.83. The van der Waals surface area contributed by atoms with Crippen LogP contribution in [-0.4, -0.2) is 23.2 Å². The van der Waals surface area contributed by atoms with Crippen LogP contribution in [0.5, 0.6) is 0 Å². The standard InChI is InChI=1S/C15H18N2O/c18-11-15(4-5-15)10-17-8-12-1-2-14-9-16-6-3-13(14)7-12/h1-3,6-7,9,17-18H,4-5,8,10-11H2. The second kappa shape index (κ2) is 4.67. The molecule has 0 atom stereocenters. The van der Waals surface area contributed by atoms with Gasteiger partial charge in [0, 0.05) is 42.9 Å². The number of hydrogen-bond acceptors (Lipinski definition) is 3. The number of aromatic nitrogens is 1. The van der Waals surface area contributed by atoms with Crippen molar-refractivity contribution in [2.45, 2.75) is 19.4 Å². The van der Waals surface area contributed by atoms with Gasteiger partial charge in [-0.3, -0.25) is 4.98 Å². The molecule has 0 amide bonds. The van der Waals surface area contributed by atoms with Gasteiger partial charge >= 0.3 is 0 Å². The van der Waals surface area contributed by atoms with Gasteiger partial charge < -0.3 is 10.4 Å². The lowest BCUT2D eigenvalue weighted by Crippen LogP contribution is -2.26. The first-order valence-corrected chi connectivity index (χ1v) is 6.46. The number of pyridine rings is 1. The Balaban J connectivity index is 1.64. The maximum atomic E-state index is 9.25. The lowest BCUT2D eigenvalue weighted by Gasteiger charge is -2.12. The van der Waals surface area contributed by atoms with Crippen LogP contribution in [0.25, 0.3) is 10.8 Å². The summed E-state index contributed by atoms with van der Waals surface area (Å²) in [6.45, 7) is 2.08. The zero-order chi connectivity index (χ0) is 12.4. The normalized spacial score (nSPS) is 16.9. The average Bonchev–Trinajstić information content (AvgIpc) is 3.19. The molecule has 0 bridgehead atoms. The van der Waals surface area contributed by atoms with Gasteiger partial charge in [0.1, 0.15) is 0 Å². The Morgan fingerprint density at radius 3 is 2.89 bits per heavy atom. The van der Waals surface area contributed by atoms with Crippen molar-refractivity contribution in [1.82, 2.24) is 10.3 Å². The van der Waals surface area contributed by atoms with Gasteiger partial charge in [-0.2, -0.15) is 0 Å². The predicted octanol–water partition coefficient (Wildman–Crippen LogP) is 2.10. The number of aliphatic hydroxyl groups is 1. The monoisotopic (exact) mass is 242 g/mol. The number of fused-ring (bicyclic) bond motifs is 1. The minimum absolute atomic E-state index is 0.181. The molecule has 1 aliphatic rings. The Labute approximate surface area is 107 Å². The molecular weight excluding hydrogens is 224 g/mol. The number of nitrogens with one attached hydrogen (secondary N) is 1. The maximum absolute atomic E-state index is 9.25. The molecule has 3 nitrogen and oxygen atoms in total. The quantitative estimate of drug-likeness (QED) is 0.844. The van der Waals surface area contributed by atoms with Gasteiger partial charge in [-0.1, -0.05) is 12.1 Å². The number of hydrogen-bond donors (Lipinski definition) is 2. The summed E-state index contributed by atoms with van der Waals surface area (Å²) in [6, 6.07) is 8.48. The summed E-state index contributed by atoms with van der Waals surface area (Å²) in [5.41, 5.74) is 1.46. The Bertz CT molecular complexity index is 549. The number of nitrogens with zero attached hydrogens (tertiary/aromatic N) is 1. The van der Waals surface area contributed by atoms with Crippen molar-refractivity contribution >= 4 is 10.8 Å². The third-order valence-corrected chi connectivity index (χ3v) is 3.83. The van der Waals surface area contributed by atoms with E-state index in [9.17, 15) is 5.11 Å². The topological polar surface area (TPSA) is 45.1 Å². The molecule has 1 fully saturated rings. The maximum Gasteiger partial charge on any atom is 0.0499 e. The molecule has 2 aromatic rings. The smallest absolute Gasteiger partial charge is 0.0499 e. The Hall–Kier alpha value is -1.45. The predicted molar refractivity (Wildman–Crippen MR) is 72.2 cm³/mol. The molecule has 3 rings (SSSR count). The van der Waals surface area contributed by atoms with E-state index in [0.29, 0.717) is 6.61 Å². The van der Waals surface area contributed by atoms with Crippen molar-refractivity contribution in [1.29, 1.82) is 0 Å². The molecule has 1 aromatic heterocycles. The first-order chi connectivity index (χ1) is 8.81. The second-order valence-electron chi connectivity index (χ2n) is 5.32. The van der Waals surface area contributed by atoms with E-state index in [1.54, 1.807) is 0 Å². The van der Waals surface area contributed by atoms with E-state index in [1.807, 2.05) is 18.5 Å². The SMILES string of the molecule is OCC1(CNCc2ccc3cnccc3c2)CC1. The van der Waals surface area contributed by atoms with Gasteiger partial charge in [-0.25, -0.2) is 0 Å². The molecule has 2 N–H and O–H groups in total. The Morgan fingerprint density at radius 1 is 1.22 bits per heavy atom. The molecule has 1 aliphatic carbocycles. The lowest BCUT2D eigenvalue weighted by atomic mass is 10.1. The lowest BCUT2D eigenvalue weighted by molar-refractivity contribution is 0.207. The van der Waals surface area contributed by atoms with Gasteiger partial charge in [0.15, 0.2) is 0 Å². The van der Waals surface area contributed by atoms with Crippen molar-refractivity contribution in [2.24, 2.45) is 5.41 Å². The van der Waals surface area contributed by atoms with Gasteiger partial charge in [0.25, 0.3) is 0 Å². The number of benzene rings is 1. The minimum Gasteiger partial charge on any atom is -0.396 e. The van der Waals surface area contributed by atoms with Gasteiger partial charge in [-0.15, -0.1) is 0 Å². The molecule has 0 unspecified atom stereocenters. The molecule has 3 heteroatoms. The molecule has 0 saturated heterocycles. The minimum atomic E-state index is 0.181. The fraction of sp³-hybridized carbons (Fsp3) is 0.400. The largest absolute Gasteiger partial charge is 0.396 e. The van der Waals surface area contributed by atoms with Crippen molar-refractivity contribution < 1.29 is 5.11 Å². The first-order valence-electron chi connectivity index (χ1n) is 6.46. The van der Waals surface area contributed by atoms with Crippen LogP contribution in [0.2, 0.25) is 0 Å². The highest BCUT2D eigenvalue weighted by Gasteiger charge is 2.41. The molecule has 18 heavy (non-hydrogen) atoms. The summed E-state index contributed by atoms with van der Waals surface area (Å²) in [5.74, 6) is 0.